The molecule has 1 fully saturated rings. The predicted octanol–water partition coefficient (Wildman–Crippen LogP) is 1.09. The van der Waals surface area contributed by atoms with Gasteiger partial charge in [-0.15, -0.1) is 0 Å². The van der Waals surface area contributed by atoms with Gasteiger partial charge in [0.15, 0.2) is 5.82 Å². The van der Waals surface area contributed by atoms with Crippen LogP contribution >= 0.6 is 0 Å². The van der Waals surface area contributed by atoms with Crippen molar-refractivity contribution in [1.29, 1.82) is 0 Å². The monoisotopic (exact) mass is 332 g/mol. The summed E-state index contributed by atoms with van der Waals surface area (Å²) in [5.74, 6) is 0.150. The van der Waals surface area contributed by atoms with Gasteiger partial charge in [0.2, 0.25) is 0 Å². The van der Waals surface area contributed by atoms with Crippen LogP contribution in [0.2, 0.25) is 0 Å². The van der Waals surface area contributed by atoms with E-state index in [1.165, 1.54) is 24.5 Å². The van der Waals surface area contributed by atoms with Crippen LogP contribution in [0.15, 0.2) is 35.5 Å². The number of nitrogens with one attached hydrogen (secondary N) is 3. The molecule has 2 aromatic heterocycles. The van der Waals surface area contributed by atoms with Gasteiger partial charge in [0.25, 0.3) is 5.56 Å². The van der Waals surface area contributed by atoms with Gasteiger partial charge < -0.3 is 15.2 Å². The van der Waals surface area contributed by atoms with Crippen LogP contribution in [0.1, 0.15) is 12.8 Å². The summed E-state index contributed by atoms with van der Waals surface area (Å²) in [6, 6.07) is 2.06. The number of piperidine rings is 1. The lowest BCUT2D eigenvalue weighted by molar-refractivity contribution is 0.246. The standard InChI is InChI=1S/C15H17FN6O2/c16-10-3-4-12(19-8-10)21-15(24)20-11-2-1-7-22(9-11)13-14(23)18-6-5-17-13/h3-6,8,11H,1-2,7,9H2,(H,18,23)(H2,19,20,21,24). The molecule has 0 saturated carbocycles. The van der Waals surface area contributed by atoms with Crippen LogP contribution in [0, 0.1) is 5.82 Å². The van der Waals surface area contributed by atoms with E-state index < -0.39 is 11.8 Å². The average molecular weight is 332 g/mol. The minimum atomic E-state index is -0.468. The van der Waals surface area contributed by atoms with Crippen molar-refractivity contribution in [2.45, 2.75) is 18.9 Å². The van der Waals surface area contributed by atoms with Gasteiger partial charge in [0, 0.05) is 31.5 Å². The molecule has 3 rings (SSSR count). The molecule has 1 aliphatic rings. The number of halogens is 1. The Labute approximate surface area is 137 Å². The molecule has 2 aromatic rings. The highest BCUT2D eigenvalue weighted by Gasteiger charge is 2.23. The molecule has 0 bridgehead atoms. The van der Waals surface area contributed by atoms with Gasteiger partial charge in [0.1, 0.15) is 11.6 Å². The van der Waals surface area contributed by atoms with Gasteiger partial charge in [-0.2, -0.15) is 0 Å². The van der Waals surface area contributed by atoms with Gasteiger partial charge in [-0.1, -0.05) is 0 Å². The van der Waals surface area contributed by atoms with Gasteiger partial charge >= 0.3 is 6.03 Å². The number of aromatic amines is 1. The summed E-state index contributed by atoms with van der Waals surface area (Å²) in [5.41, 5.74) is -0.252. The Morgan fingerprint density at radius 2 is 2.25 bits per heavy atom. The third kappa shape index (κ3) is 3.86. The van der Waals surface area contributed by atoms with E-state index in [0.29, 0.717) is 18.9 Å². The minimum Gasteiger partial charge on any atom is -0.350 e. The summed E-state index contributed by atoms with van der Waals surface area (Å²) in [6.45, 7) is 1.20. The molecule has 0 aromatic carbocycles. The molecule has 24 heavy (non-hydrogen) atoms. The molecular formula is C15H17FN6O2. The normalized spacial score (nSPS) is 17.4. The zero-order chi connectivity index (χ0) is 16.9. The van der Waals surface area contributed by atoms with Crippen molar-refractivity contribution in [2.24, 2.45) is 0 Å². The molecule has 126 valence electrons. The lowest BCUT2D eigenvalue weighted by atomic mass is 10.1. The maximum Gasteiger partial charge on any atom is 0.320 e. The Balaban J connectivity index is 1.59. The smallest absolute Gasteiger partial charge is 0.320 e. The maximum absolute atomic E-state index is 12.8. The van der Waals surface area contributed by atoms with Crippen LogP contribution in [0.5, 0.6) is 0 Å². The number of anilines is 2. The first kappa shape index (κ1) is 15.9. The number of nitrogens with zero attached hydrogens (tertiary/aromatic N) is 3. The Hall–Kier alpha value is -2.97. The van der Waals surface area contributed by atoms with Gasteiger partial charge in [0.05, 0.1) is 6.20 Å². The molecule has 8 nitrogen and oxygen atoms in total. The summed E-state index contributed by atoms with van der Waals surface area (Å²) >= 11 is 0. The number of urea groups is 1. The molecule has 1 atom stereocenters. The highest BCUT2D eigenvalue weighted by Crippen LogP contribution is 2.14. The fourth-order valence-electron chi connectivity index (χ4n) is 2.64. The maximum atomic E-state index is 12.8. The van der Waals surface area contributed by atoms with Gasteiger partial charge in [-0.05, 0) is 25.0 Å². The van der Waals surface area contributed by atoms with E-state index in [1.54, 1.807) is 0 Å². The molecule has 2 amide bonds. The summed E-state index contributed by atoms with van der Waals surface area (Å²) in [4.78, 5) is 36.2. The fourth-order valence-corrected chi connectivity index (χ4v) is 2.64. The van der Waals surface area contributed by atoms with Crippen molar-refractivity contribution >= 4 is 17.7 Å². The molecule has 3 N–H and O–H groups in total. The molecule has 1 saturated heterocycles. The van der Waals surface area contributed by atoms with Crippen molar-refractivity contribution in [3.05, 3.63) is 46.9 Å². The molecule has 1 aliphatic heterocycles. The van der Waals surface area contributed by atoms with Crippen LogP contribution in [-0.4, -0.2) is 40.1 Å². The number of aromatic nitrogens is 3. The second-order valence-corrected chi connectivity index (χ2v) is 5.49. The van der Waals surface area contributed by atoms with Crippen molar-refractivity contribution in [1.82, 2.24) is 20.3 Å². The summed E-state index contributed by atoms with van der Waals surface area (Å²) < 4.78 is 12.8. The second-order valence-electron chi connectivity index (χ2n) is 5.49. The predicted molar refractivity (Wildman–Crippen MR) is 86.4 cm³/mol. The number of amides is 2. The Morgan fingerprint density at radius 1 is 1.38 bits per heavy atom. The van der Waals surface area contributed by atoms with E-state index in [9.17, 15) is 14.0 Å². The average Bonchev–Trinajstić information content (AvgIpc) is 2.57. The van der Waals surface area contributed by atoms with Crippen LogP contribution in [0.25, 0.3) is 0 Å². The van der Waals surface area contributed by atoms with Crippen molar-refractivity contribution in [2.75, 3.05) is 23.3 Å². The third-order valence-electron chi connectivity index (χ3n) is 3.71. The second kappa shape index (κ2) is 7.07. The summed E-state index contributed by atoms with van der Waals surface area (Å²) in [7, 11) is 0. The van der Waals surface area contributed by atoms with Crippen LogP contribution < -0.4 is 21.1 Å². The lowest BCUT2D eigenvalue weighted by Gasteiger charge is -2.33. The van der Waals surface area contributed by atoms with Crippen LogP contribution in [0.4, 0.5) is 20.8 Å². The number of carbonyl (C=O) groups excluding carboxylic acids is 1. The topological polar surface area (TPSA) is 103 Å². The van der Waals surface area contributed by atoms with E-state index in [1.807, 2.05) is 4.90 Å². The van der Waals surface area contributed by atoms with Gasteiger partial charge in [-0.3, -0.25) is 10.1 Å². The number of pyridine rings is 1. The Morgan fingerprint density at radius 3 is 3.00 bits per heavy atom. The number of carbonyl (C=O) groups is 1. The Kier molecular flexibility index (Phi) is 4.69. The summed E-state index contributed by atoms with van der Waals surface area (Å²) in [5, 5.41) is 5.39. The highest BCUT2D eigenvalue weighted by atomic mass is 19.1. The SMILES string of the molecule is O=C(Nc1ccc(F)cn1)NC1CCCN(c2ncc[nH]c2=O)C1. The first-order chi connectivity index (χ1) is 11.6. The molecule has 9 heteroatoms. The minimum absolute atomic E-state index is 0.124. The zero-order valence-electron chi connectivity index (χ0n) is 12.8. The van der Waals surface area contributed by atoms with Crippen molar-refractivity contribution < 1.29 is 9.18 Å². The van der Waals surface area contributed by atoms with E-state index in [0.717, 1.165) is 19.0 Å². The molecular weight excluding hydrogens is 315 g/mol. The first-order valence-corrected chi connectivity index (χ1v) is 7.59. The molecule has 0 radical (unpaired) electrons. The quantitative estimate of drug-likeness (QED) is 0.781. The molecule has 0 aliphatic carbocycles. The fraction of sp³-hybridized carbons (Fsp3) is 0.333. The van der Waals surface area contributed by atoms with Crippen molar-refractivity contribution in [3.8, 4) is 0 Å². The third-order valence-corrected chi connectivity index (χ3v) is 3.71. The van der Waals surface area contributed by atoms with E-state index >= 15 is 0 Å². The van der Waals surface area contributed by atoms with Crippen molar-refractivity contribution in [3.63, 3.8) is 0 Å². The number of hydrogen-bond donors (Lipinski definition) is 3. The largest absolute Gasteiger partial charge is 0.350 e. The molecule has 3 heterocycles. The lowest BCUT2D eigenvalue weighted by Crippen LogP contribution is -2.50. The van der Waals surface area contributed by atoms with Crippen LogP contribution in [0.3, 0.4) is 0 Å². The van der Waals surface area contributed by atoms with E-state index in [2.05, 4.69) is 25.6 Å². The van der Waals surface area contributed by atoms with E-state index in [4.69, 9.17) is 0 Å². The zero-order valence-corrected chi connectivity index (χ0v) is 12.8. The summed E-state index contributed by atoms with van der Waals surface area (Å²) in [6.07, 6.45) is 5.67. The number of hydrogen-bond acceptors (Lipinski definition) is 5. The van der Waals surface area contributed by atoms with Gasteiger partial charge in [-0.25, -0.2) is 19.2 Å². The molecule has 1 unspecified atom stereocenters. The highest BCUT2D eigenvalue weighted by molar-refractivity contribution is 5.88. The number of H-pyrrole nitrogens is 1. The van der Waals surface area contributed by atoms with E-state index in [-0.39, 0.29) is 17.4 Å². The van der Waals surface area contributed by atoms with Crippen LogP contribution in [-0.2, 0) is 0 Å². The molecule has 0 spiro atoms. The first-order valence-electron chi connectivity index (χ1n) is 7.59. The number of rotatable bonds is 3. The Bertz CT molecular complexity index is 763.